The number of carbonyl (C=O) groups excluding carboxylic acids is 4. The summed E-state index contributed by atoms with van der Waals surface area (Å²) in [5.74, 6) is 1.69. The van der Waals surface area contributed by atoms with Gasteiger partial charge < -0.3 is 14.8 Å². The van der Waals surface area contributed by atoms with Crippen molar-refractivity contribution < 1.29 is 23.9 Å². The Morgan fingerprint density at radius 1 is 0.788 bits per heavy atom. The van der Waals surface area contributed by atoms with Gasteiger partial charge in [-0.05, 0) is 31.7 Å². The first-order valence-corrected chi connectivity index (χ1v) is 14.2. The van der Waals surface area contributed by atoms with E-state index in [4.69, 9.17) is 4.74 Å². The normalized spacial score (nSPS) is 10.6. The summed E-state index contributed by atoms with van der Waals surface area (Å²) in [6, 6.07) is 9.53. The predicted octanol–water partition coefficient (Wildman–Crippen LogP) is 5.29. The van der Waals surface area contributed by atoms with Crippen LogP contribution in [-0.2, 0) is 30.5 Å². The second-order valence-corrected chi connectivity index (χ2v) is 10.6. The van der Waals surface area contributed by atoms with Crippen LogP contribution in [0.5, 0.6) is 0 Å². The van der Waals surface area contributed by atoms with E-state index in [2.05, 4.69) is 5.32 Å². The number of rotatable bonds is 20. The molecule has 184 valence electrons. The van der Waals surface area contributed by atoms with E-state index in [-0.39, 0.29) is 36.5 Å². The Morgan fingerprint density at radius 3 is 2.15 bits per heavy atom. The molecule has 0 atom stereocenters. The highest BCUT2D eigenvalue weighted by Crippen LogP contribution is 2.23. The van der Waals surface area contributed by atoms with Gasteiger partial charge in [0.2, 0.25) is 5.91 Å². The van der Waals surface area contributed by atoms with Crippen LogP contribution in [0, 0.1) is 0 Å². The van der Waals surface area contributed by atoms with Gasteiger partial charge in [-0.25, -0.2) is 0 Å². The Hall–Kier alpha value is -1.80. The number of hydrogen-bond acceptors (Lipinski definition) is 7. The van der Waals surface area contributed by atoms with Crippen LogP contribution in [0.4, 0.5) is 0 Å². The van der Waals surface area contributed by atoms with E-state index in [0.29, 0.717) is 44.4 Å². The molecule has 1 amide bonds. The van der Waals surface area contributed by atoms with Crippen molar-refractivity contribution in [2.24, 2.45) is 0 Å². The first-order chi connectivity index (χ1) is 16.0. The predicted molar refractivity (Wildman–Crippen MR) is 136 cm³/mol. The maximum atomic E-state index is 11.9. The largest absolute Gasteiger partial charge is 0.461 e. The third-order valence-corrected chi connectivity index (χ3v) is 7.23. The van der Waals surface area contributed by atoms with Gasteiger partial charge >= 0.3 is 5.97 Å². The smallest absolute Gasteiger partial charge is 0.306 e. The summed E-state index contributed by atoms with van der Waals surface area (Å²) in [6.07, 6.45) is 6.93. The van der Waals surface area contributed by atoms with Gasteiger partial charge in [-0.1, -0.05) is 64.8 Å². The summed E-state index contributed by atoms with van der Waals surface area (Å²) >= 11 is 0. The lowest BCUT2D eigenvalue weighted by atomic mass is 10.1. The zero-order chi connectivity index (χ0) is 24.2. The summed E-state index contributed by atoms with van der Waals surface area (Å²) < 4.78 is 5.21. The molecule has 0 aliphatic rings. The average Bonchev–Trinajstić information content (AvgIpc) is 2.80. The SMILES string of the molecule is CC(=O)CCCCCCC(=O)CCSSCCC(=O)NCCCC(=O)OCc1ccccc1. The highest BCUT2D eigenvalue weighted by molar-refractivity contribution is 8.76. The molecule has 33 heavy (non-hydrogen) atoms. The molecule has 1 aromatic carbocycles. The molecule has 0 aliphatic heterocycles. The Kier molecular flexibility index (Phi) is 17.4. The highest BCUT2D eigenvalue weighted by atomic mass is 33.1. The van der Waals surface area contributed by atoms with Crippen molar-refractivity contribution in [1.29, 1.82) is 0 Å². The molecule has 0 heterocycles. The van der Waals surface area contributed by atoms with Crippen molar-refractivity contribution in [2.45, 2.75) is 77.7 Å². The number of hydrogen-bond donors (Lipinski definition) is 1. The van der Waals surface area contributed by atoms with Crippen LogP contribution in [-0.4, -0.2) is 41.5 Å². The summed E-state index contributed by atoms with van der Waals surface area (Å²) in [5.41, 5.74) is 0.955. The molecule has 6 nitrogen and oxygen atoms in total. The minimum absolute atomic E-state index is 0.0263. The number of esters is 1. The van der Waals surface area contributed by atoms with Gasteiger partial charge in [0.15, 0.2) is 0 Å². The molecule has 0 saturated carbocycles. The second kappa shape index (κ2) is 19.6. The standard InChI is InChI=1S/C25H37NO5S2/c1-21(27)10-5-2-3-8-13-23(28)15-18-32-33-19-16-24(29)26-17-9-14-25(30)31-20-22-11-6-4-7-12-22/h4,6-7,11-12H,2-3,5,8-10,13-20H2,1H3,(H,26,29). The topological polar surface area (TPSA) is 89.5 Å². The number of ketones is 2. The molecule has 0 aromatic heterocycles. The summed E-state index contributed by atoms with van der Waals surface area (Å²) in [5, 5.41) is 2.82. The lowest BCUT2D eigenvalue weighted by molar-refractivity contribution is -0.145. The van der Waals surface area contributed by atoms with E-state index < -0.39 is 0 Å². The van der Waals surface area contributed by atoms with Crippen LogP contribution < -0.4 is 5.32 Å². The number of unbranched alkanes of at least 4 members (excludes halogenated alkanes) is 3. The molecular formula is C25H37NO5S2. The van der Waals surface area contributed by atoms with Crippen LogP contribution in [0.1, 0.15) is 76.7 Å². The minimum Gasteiger partial charge on any atom is -0.461 e. The van der Waals surface area contributed by atoms with Crippen molar-refractivity contribution >= 4 is 45.0 Å². The monoisotopic (exact) mass is 495 g/mol. The molecule has 1 aromatic rings. The van der Waals surface area contributed by atoms with E-state index in [9.17, 15) is 19.2 Å². The molecule has 0 spiro atoms. The van der Waals surface area contributed by atoms with Crippen molar-refractivity contribution in [3.8, 4) is 0 Å². The molecule has 0 radical (unpaired) electrons. The van der Waals surface area contributed by atoms with E-state index in [1.807, 2.05) is 30.3 Å². The van der Waals surface area contributed by atoms with Crippen molar-refractivity contribution in [1.82, 2.24) is 5.32 Å². The van der Waals surface area contributed by atoms with E-state index in [1.54, 1.807) is 28.5 Å². The van der Waals surface area contributed by atoms with E-state index >= 15 is 0 Å². The van der Waals surface area contributed by atoms with Crippen LogP contribution in [0.3, 0.4) is 0 Å². The van der Waals surface area contributed by atoms with Gasteiger partial charge in [0, 0.05) is 50.2 Å². The van der Waals surface area contributed by atoms with Gasteiger partial charge in [0.1, 0.15) is 18.2 Å². The second-order valence-electron chi connectivity index (χ2n) is 7.90. The Balaban J connectivity index is 1.88. The molecule has 0 fully saturated rings. The Bertz CT molecular complexity index is 712. The van der Waals surface area contributed by atoms with Gasteiger partial charge in [0.05, 0.1) is 0 Å². The lowest BCUT2D eigenvalue weighted by Crippen LogP contribution is -2.25. The fourth-order valence-electron chi connectivity index (χ4n) is 2.94. The zero-order valence-corrected chi connectivity index (χ0v) is 21.3. The van der Waals surface area contributed by atoms with E-state index in [0.717, 1.165) is 37.0 Å². The zero-order valence-electron chi connectivity index (χ0n) is 19.6. The quantitative estimate of drug-likeness (QED) is 0.149. The highest BCUT2D eigenvalue weighted by Gasteiger charge is 2.06. The van der Waals surface area contributed by atoms with Gasteiger partial charge in [0.25, 0.3) is 0 Å². The van der Waals surface area contributed by atoms with Crippen LogP contribution in [0.15, 0.2) is 30.3 Å². The van der Waals surface area contributed by atoms with Crippen molar-refractivity contribution in [3.63, 3.8) is 0 Å². The number of amides is 1. The molecule has 0 bridgehead atoms. The molecular weight excluding hydrogens is 458 g/mol. The van der Waals surface area contributed by atoms with Gasteiger partial charge in [-0.15, -0.1) is 0 Å². The molecule has 0 saturated heterocycles. The maximum absolute atomic E-state index is 11.9. The van der Waals surface area contributed by atoms with Gasteiger partial charge in [-0.2, -0.15) is 0 Å². The fraction of sp³-hybridized carbons (Fsp3) is 0.600. The summed E-state index contributed by atoms with van der Waals surface area (Å²) in [4.78, 5) is 46.3. The first kappa shape index (κ1) is 29.2. The third-order valence-electron chi connectivity index (χ3n) is 4.82. The van der Waals surface area contributed by atoms with Crippen LogP contribution >= 0.6 is 21.6 Å². The van der Waals surface area contributed by atoms with Crippen molar-refractivity contribution in [2.75, 3.05) is 18.1 Å². The Labute approximate surface area is 205 Å². The number of nitrogens with one attached hydrogen (secondary N) is 1. The average molecular weight is 496 g/mol. The Morgan fingerprint density at radius 2 is 1.45 bits per heavy atom. The number of carbonyl (C=O) groups is 4. The number of benzene rings is 1. The molecule has 1 N–H and O–H groups in total. The van der Waals surface area contributed by atoms with Crippen LogP contribution in [0.25, 0.3) is 0 Å². The fourth-order valence-corrected chi connectivity index (χ4v) is 4.96. The van der Waals surface area contributed by atoms with Crippen molar-refractivity contribution in [3.05, 3.63) is 35.9 Å². The number of ether oxygens (including phenoxy) is 1. The molecule has 1 rings (SSSR count). The first-order valence-electron chi connectivity index (χ1n) is 11.7. The lowest BCUT2D eigenvalue weighted by Gasteiger charge is -2.06. The molecule has 0 unspecified atom stereocenters. The summed E-state index contributed by atoms with van der Waals surface area (Å²) in [6.45, 7) is 2.34. The number of Topliss-reactive ketones (excluding diaryl/α,β-unsaturated/α-hetero) is 2. The minimum atomic E-state index is -0.261. The van der Waals surface area contributed by atoms with Crippen LogP contribution in [0.2, 0.25) is 0 Å². The maximum Gasteiger partial charge on any atom is 0.306 e. The van der Waals surface area contributed by atoms with E-state index in [1.165, 1.54) is 0 Å². The third kappa shape index (κ3) is 18.3. The summed E-state index contributed by atoms with van der Waals surface area (Å²) in [7, 11) is 3.23. The molecule has 0 aliphatic carbocycles. The molecule has 8 heteroatoms. The van der Waals surface area contributed by atoms with Gasteiger partial charge in [-0.3, -0.25) is 14.4 Å².